The van der Waals surface area contributed by atoms with Gasteiger partial charge < -0.3 is 5.73 Å². The lowest BCUT2D eigenvalue weighted by Gasteiger charge is -2.07. The van der Waals surface area contributed by atoms with Crippen molar-refractivity contribution in [1.82, 2.24) is 9.78 Å². The quantitative estimate of drug-likeness (QED) is 0.836. The molecule has 1 heterocycles. The van der Waals surface area contributed by atoms with E-state index in [2.05, 4.69) is 36.3 Å². The second kappa shape index (κ2) is 4.10. The van der Waals surface area contributed by atoms with Gasteiger partial charge in [-0.15, -0.1) is 0 Å². The SMILES string of the molecule is Cc1ccc(-n2ncc(C(C)N)c2C)cc1. The summed E-state index contributed by atoms with van der Waals surface area (Å²) in [5.41, 5.74) is 10.4. The topological polar surface area (TPSA) is 43.8 Å². The van der Waals surface area contributed by atoms with E-state index < -0.39 is 0 Å². The normalized spacial score (nSPS) is 12.8. The summed E-state index contributed by atoms with van der Waals surface area (Å²) in [5.74, 6) is 0. The van der Waals surface area contributed by atoms with E-state index in [1.807, 2.05) is 24.7 Å². The van der Waals surface area contributed by atoms with Crippen LogP contribution < -0.4 is 5.73 Å². The highest BCUT2D eigenvalue weighted by Gasteiger charge is 2.10. The number of nitrogens with two attached hydrogens (primary N) is 1. The Labute approximate surface area is 95.9 Å². The molecule has 0 amide bonds. The zero-order valence-corrected chi connectivity index (χ0v) is 9.94. The third kappa shape index (κ3) is 1.86. The number of rotatable bonds is 2. The molecule has 1 atom stereocenters. The molecule has 0 saturated carbocycles. The second-order valence-electron chi connectivity index (χ2n) is 4.22. The van der Waals surface area contributed by atoms with Crippen LogP contribution in [0.1, 0.15) is 29.8 Å². The molecule has 1 unspecified atom stereocenters. The van der Waals surface area contributed by atoms with Crippen LogP contribution in [0.2, 0.25) is 0 Å². The maximum Gasteiger partial charge on any atom is 0.0648 e. The zero-order valence-electron chi connectivity index (χ0n) is 9.94. The molecular formula is C13H17N3. The smallest absolute Gasteiger partial charge is 0.0648 e. The fraction of sp³-hybridized carbons (Fsp3) is 0.308. The maximum atomic E-state index is 5.88. The van der Waals surface area contributed by atoms with Gasteiger partial charge in [0.05, 0.1) is 11.9 Å². The van der Waals surface area contributed by atoms with Crippen LogP contribution in [0.25, 0.3) is 5.69 Å². The Balaban J connectivity index is 2.45. The molecule has 3 nitrogen and oxygen atoms in total. The van der Waals surface area contributed by atoms with Gasteiger partial charge in [-0.3, -0.25) is 0 Å². The number of aryl methyl sites for hydroxylation is 1. The molecule has 0 radical (unpaired) electrons. The molecule has 0 bridgehead atoms. The third-order valence-corrected chi connectivity index (χ3v) is 2.82. The van der Waals surface area contributed by atoms with Gasteiger partial charge in [0.2, 0.25) is 0 Å². The molecule has 1 aromatic heterocycles. The summed E-state index contributed by atoms with van der Waals surface area (Å²) in [4.78, 5) is 0. The molecule has 3 heteroatoms. The van der Waals surface area contributed by atoms with Crippen molar-refractivity contribution in [3.05, 3.63) is 47.3 Å². The summed E-state index contributed by atoms with van der Waals surface area (Å²) in [6, 6.07) is 8.34. The highest BCUT2D eigenvalue weighted by molar-refractivity contribution is 5.37. The molecule has 2 rings (SSSR count). The molecule has 2 aromatic rings. The van der Waals surface area contributed by atoms with Crippen LogP contribution in [0, 0.1) is 13.8 Å². The Bertz CT molecular complexity index is 480. The molecule has 0 aliphatic heterocycles. The van der Waals surface area contributed by atoms with Gasteiger partial charge in [0.25, 0.3) is 0 Å². The monoisotopic (exact) mass is 215 g/mol. The van der Waals surface area contributed by atoms with Crippen molar-refractivity contribution in [2.24, 2.45) is 5.73 Å². The van der Waals surface area contributed by atoms with Crippen molar-refractivity contribution in [3.63, 3.8) is 0 Å². The lowest BCUT2D eigenvalue weighted by molar-refractivity contribution is 0.796. The standard InChI is InChI=1S/C13H17N3/c1-9-4-6-12(7-5-9)16-11(3)13(8-15-16)10(2)14/h4-8,10H,14H2,1-3H3. The molecule has 1 aromatic carbocycles. The first-order chi connectivity index (χ1) is 7.59. The van der Waals surface area contributed by atoms with Crippen LogP contribution >= 0.6 is 0 Å². The predicted octanol–water partition coefficient (Wildman–Crippen LogP) is 2.51. The average molecular weight is 215 g/mol. The Morgan fingerprint density at radius 2 is 1.81 bits per heavy atom. The van der Waals surface area contributed by atoms with Crippen molar-refractivity contribution >= 4 is 0 Å². The van der Waals surface area contributed by atoms with E-state index in [4.69, 9.17) is 5.73 Å². The zero-order chi connectivity index (χ0) is 11.7. The third-order valence-electron chi connectivity index (χ3n) is 2.82. The molecular weight excluding hydrogens is 198 g/mol. The summed E-state index contributed by atoms with van der Waals surface area (Å²) in [5, 5.41) is 4.37. The molecule has 0 fully saturated rings. The fourth-order valence-electron chi connectivity index (χ4n) is 1.82. The lowest BCUT2D eigenvalue weighted by atomic mass is 10.1. The van der Waals surface area contributed by atoms with Crippen LogP contribution in [-0.4, -0.2) is 9.78 Å². The minimum Gasteiger partial charge on any atom is -0.324 e. The van der Waals surface area contributed by atoms with E-state index in [0.717, 1.165) is 16.9 Å². The fourth-order valence-corrected chi connectivity index (χ4v) is 1.82. The highest BCUT2D eigenvalue weighted by Crippen LogP contribution is 2.18. The molecule has 0 aliphatic carbocycles. The molecule has 0 spiro atoms. The van der Waals surface area contributed by atoms with E-state index in [0.29, 0.717) is 0 Å². The van der Waals surface area contributed by atoms with Crippen molar-refractivity contribution < 1.29 is 0 Å². The highest BCUT2D eigenvalue weighted by atomic mass is 15.3. The van der Waals surface area contributed by atoms with Gasteiger partial charge in [-0.2, -0.15) is 5.10 Å². The van der Waals surface area contributed by atoms with E-state index in [-0.39, 0.29) is 6.04 Å². The van der Waals surface area contributed by atoms with Gasteiger partial charge in [0, 0.05) is 17.3 Å². The van der Waals surface area contributed by atoms with Gasteiger partial charge in [0.15, 0.2) is 0 Å². The number of hydrogen-bond donors (Lipinski definition) is 1. The van der Waals surface area contributed by atoms with Gasteiger partial charge >= 0.3 is 0 Å². The summed E-state index contributed by atoms with van der Waals surface area (Å²) < 4.78 is 1.93. The molecule has 16 heavy (non-hydrogen) atoms. The van der Waals surface area contributed by atoms with E-state index in [9.17, 15) is 0 Å². The Hall–Kier alpha value is -1.61. The minimum absolute atomic E-state index is 0.0270. The van der Waals surface area contributed by atoms with Crippen LogP contribution in [0.4, 0.5) is 0 Å². The van der Waals surface area contributed by atoms with Crippen LogP contribution in [0.5, 0.6) is 0 Å². The van der Waals surface area contributed by atoms with Crippen molar-refractivity contribution in [2.45, 2.75) is 26.8 Å². The Kier molecular flexibility index (Phi) is 2.79. The number of benzene rings is 1. The number of nitrogens with zero attached hydrogens (tertiary/aromatic N) is 2. The maximum absolute atomic E-state index is 5.88. The van der Waals surface area contributed by atoms with Crippen molar-refractivity contribution in [2.75, 3.05) is 0 Å². The van der Waals surface area contributed by atoms with Gasteiger partial charge in [0.1, 0.15) is 0 Å². The Morgan fingerprint density at radius 3 is 2.31 bits per heavy atom. The summed E-state index contributed by atoms with van der Waals surface area (Å²) in [6.07, 6.45) is 1.85. The molecule has 2 N–H and O–H groups in total. The first-order valence-corrected chi connectivity index (χ1v) is 5.46. The van der Waals surface area contributed by atoms with E-state index in [1.165, 1.54) is 5.56 Å². The van der Waals surface area contributed by atoms with Gasteiger partial charge in [-0.25, -0.2) is 4.68 Å². The molecule has 84 valence electrons. The predicted molar refractivity (Wildman–Crippen MR) is 65.6 cm³/mol. The lowest BCUT2D eigenvalue weighted by Crippen LogP contribution is -2.07. The summed E-state index contributed by atoms with van der Waals surface area (Å²) in [6.45, 7) is 6.10. The number of aromatic nitrogens is 2. The van der Waals surface area contributed by atoms with Gasteiger partial charge in [-0.05, 0) is 32.9 Å². The summed E-state index contributed by atoms with van der Waals surface area (Å²) in [7, 11) is 0. The van der Waals surface area contributed by atoms with Crippen LogP contribution in [0.15, 0.2) is 30.5 Å². The largest absolute Gasteiger partial charge is 0.324 e. The van der Waals surface area contributed by atoms with E-state index >= 15 is 0 Å². The number of hydrogen-bond acceptors (Lipinski definition) is 2. The molecule has 0 aliphatic rings. The second-order valence-corrected chi connectivity index (χ2v) is 4.22. The van der Waals surface area contributed by atoms with Crippen LogP contribution in [-0.2, 0) is 0 Å². The first kappa shape index (κ1) is 10.9. The van der Waals surface area contributed by atoms with Crippen molar-refractivity contribution in [3.8, 4) is 5.69 Å². The van der Waals surface area contributed by atoms with E-state index in [1.54, 1.807) is 0 Å². The first-order valence-electron chi connectivity index (χ1n) is 5.46. The minimum atomic E-state index is 0.0270. The average Bonchev–Trinajstić information content (AvgIpc) is 2.61. The van der Waals surface area contributed by atoms with Gasteiger partial charge in [-0.1, -0.05) is 17.7 Å². The Morgan fingerprint density at radius 1 is 1.19 bits per heavy atom. The molecule has 0 saturated heterocycles. The van der Waals surface area contributed by atoms with Crippen LogP contribution in [0.3, 0.4) is 0 Å². The summed E-state index contributed by atoms with van der Waals surface area (Å²) >= 11 is 0. The van der Waals surface area contributed by atoms with Crippen molar-refractivity contribution in [1.29, 1.82) is 0 Å².